The van der Waals surface area contributed by atoms with Crippen LogP contribution in [-0.4, -0.2) is 59.3 Å². The zero-order valence-corrected chi connectivity index (χ0v) is 16.1. The number of aliphatic imine (C=N–C) groups is 1. The van der Waals surface area contributed by atoms with Crippen LogP contribution in [0.5, 0.6) is 0 Å². The Bertz CT molecular complexity index is 770. The van der Waals surface area contributed by atoms with Gasteiger partial charge in [0.25, 0.3) is 0 Å². The molecule has 27 heavy (non-hydrogen) atoms. The minimum absolute atomic E-state index is 0.220. The molecular weight excluding hydrogens is 340 g/mol. The number of nitrogens with zero attached hydrogens (tertiary/aromatic N) is 4. The van der Waals surface area contributed by atoms with E-state index in [-0.39, 0.29) is 11.9 Å². The summed E-state index contributed by atoms with van der Waals surface area (Å²) in [6, 6.07) is 10.3. The second-order valence-corrected chi connectivity index (χ2v) is 6.70. The molecule has 2 heterocycles. The highest BCUT2D eigenvalue weighted by Crippen LogP contribution is 2.10. The van der Waals surface area contributed by atoms with E-state index in [9.17, 15) is 4.79 Å². The Kier molecular flexibility index (Phi) is 6.46. The van der Waals surface area contributed by atoms with E-state index in [4.69, 9.17) is 0 Å². The Hall–Kier alpha value is -2.83. The molecule has 1 aromatic heterocycles. The number of likely N-dealkylation sites (tertiary alicyclic amines) is 1. The smallest absolute Gasteiger partial charge is 0.222 e. The average molecular weight is 368 g/mol. The third-order valence-corrected chi connectivity index (χ3v) is 4.77. The Morgan fingerprint density at radius 3 is 2.89 bits per heavy atom. The zero-order chi connectivity index (χ0) is 19.1. The number of rotatable bonds is 6. The van der Waals surface area contributed by atoms with E-state index >= 15 is 0 Å². The third kappa shape index (κ3) is 5.09. The topological polar surface area (TPSA) is 74.6 Å². The second kappa shape index (κ2) is 9.21. The molecule has 1 atom stereocenters. The molecule has 1 saturated heterocycles. The lowest BCUT2D eigenvalue weighted by molar-refractivity contribution is -0.129. The van der Waals surface area contributed by atoms with Crippen molar-refractivity contribution >= 4 is 11.9 Å². The van der Waals surface area contributed by atoms with E-state index in [1.165, 1.54) is 5.56 Å². The minimum atomic E-state index is 0.220. The first-order valence-corrected chi connectivity index (χ1v) is 9.53. The SMILES string of the molecule is CCC(=O)N1CCC(NC(=NC)NCCc2cnn(-c3ccccc3)c2)C1. The first-order valence-electron chi connectivity index (χ1n) is 9.53. The molecule has 7 heteroatoms. The maximum Gasteiger partial charge on any atom is 0.222 e. The molecule has 3 rings (SSSR count). The number of guanidine groups is 1. The van der Waals surface area contributed by atoms with Crippen molar-refractivity contribution in [3.63, 3.8) is 0 Å². The van der Waals surface area contributed by atoms with Gasteiger partial charge in [0.05, 0.1) is 11.9 Å². The van der Waals surface area contributed by atoms with Crippen molar-refractivity contribution < 1.29 is 4.79 Å². The van der Waals surface area contributed by atoms with E-state index in [2.05, 4.69) is 26.9 Å². The van der Waals surface area contributed by atoms with E-state index in [1.807, 2.05) is 53.0 Å². The van der Waals surface area contributed by atoms with Crippen molar-refractivity contribution in [2.45, 2.75) is 32.2 Å². The van der Waals surface area contributed by atoms with Crippen LogP contribution in [0.15, 0.2) is 47.7 Å². The third-order valence-electron chi connectivity index (χ3n) is 4.77. The van der Waals surface area contributed by atoms with Gasteiger partial charge in [-0.2, -0.15) is 5.10 Å². The monoisotopic (exact) mass is 368 g/mol. The van der Waals surface area contributed by atoms with Crippen molar-refractivity contribution in [1.82, 2.24) is 25.3 Å². The highest BCUT2D eigenvalue weighted by Gasteiger charge is 2.25. The standard InChI is InChI=1S/C20H28N6O/c1-3-19(27)25-12-10-17(15-25)24-20(21-2)22-11-9-16-13-23-26(14-16)18-7-5-4-6-8-18/h4-8,13-14,17H,3,9-12,15H2,1-2H3,(H2,21,22,24). The van der Waals surface area contributed by atoms with Crippen LogP contribution < -0.4 is 10.6 Å². The molecule has 1 unspecified atom stereocenters. The first kappa shape index (κ1) is 18.9. The summed E-state index contributed by atoms with van der Waals surface area (Å²) < 4.78 is 1.89. The lowest BCUT2D eigenvalue weighted by Gasteiger charge is -2.18. The molecule has 1 aliphatic rings. The van der Waals surface area contributed by atoms with Crippen LogP contribution in [-0.2, 0) is 11.2 Å². The number of carbonyl (C=O) groups excluding carboxylic acids is 1. The number of nitrogens with one attached hydrogen (secondary N) is 2. The van der Waals surface area contributed by atoms with Crippen molar-refractivity contribution in [2.24, 2.45) is 4.99 Å². The minimum Gasteiger partial charge on any atom is -0.356 e. The summed E-state index contributed by atoms with van der Waals surface area (Å²) in [4.78, 5) is 18.0. The van der Waals surface area contributed by atoms with Gasteiger partial charge in [-0.15, -0.1) is 0 Å². The van der Waals surface area contributed by atoms with Gasteiger partial charge < -0.3 is 15.5 Å². The molecule has 2 aromatic rings. The van der Waals surface area contributed by atoms with Crippen LogP contribution in [0, 0.1) is 0 Å². The van der Waals surface area contributed by atoms with Crippen molar-refractivity contribution in [3.8, 4) is 5.69 Å². The molecule has 144 valence electrons. The van der Waals surface area contributed by atoms with Gasteiger partial charge in [-0.1, -0.05) is 25.1 Å². The lowest BCUT2D eigenvalue weighted by atomic mass is 10.2. The van der Waals surface area contributed by atoms with Crippen LogP contribution in [0.2, 0.25) is 0 Å². The number of amides is 1. The summed E-state index contributed by atoms with van der Waals surface area (Å²) in [5, 5.41) is 11.2. The maximum absolute atomic E-state index is 11.8. The van der Waals surface area contributed by atoms with Crippen molar-refractivity contribution in [1.29, 1.82) is 0 Å². The normalized spacial score (nSPS) is 17.2. The number of hydrogen-bond donors (Lipinski definition) is 2. The van der Waals surface area contributed by atoms with Crippen LogP contribution in [0.3, 0.4) is 0 Å². The van der Waals surface area contributed by atoms with E-state index in [1.54, 1.807) is 7.05 Å². The Morgan fingerprint density at radius 1 is 1.33 bits per heavy atom. The van der Waals surface area contributed by atoms with Crippen molar-refractivity contribution in [2.75, 3.05) is 26.7 Å². The highest BCUT2D eigenvalue weighted by atomic mass is 16.2. The first-order chi connectivity index (χ1) is 13.2. The summed E-state index contributed by atoms with van der Waals surface area (Å²) in [5.41, 5.74) is 2.23. The highest BCUT2D eigenvalue weighted by molar-refractivity contribution is 5.80. The Morgan fingerprint density at radius 2 is 2.15 bits per heavy atom. The molecule has 1 aromatic carbocycles. The summed E-state index contributed by atoms with van der Waals surface area (Å²) >= 11 is 0. The van der Waals surface area contributed by atoms with Gasteiger partial charge in [0.1, 0.15) is 0 Å². The van der Waals surface area contributed by atoms with Gasteiger partial charge in [-0.25, -0.2) is 4.68 Å². The number of carbonyl (C=O) groups is 1. The molecule has 7 nitrogen and oxygen atoms in total. The Balaban J connectivity index is 1.44. The molecular formula is C20H28N6O. The Labute approximate surface area is 160 Å². The zero-order valence-electron chi connectivity index (χ0n) is 16.1. The summed E-state index contributed by atoms with van der Waals surface area (Å²) in [6.45, 7) is 4.24. The molecule has 0 saturated carbocycles. The van der Waals surface area contributed by atoms with E-state index in [0.717, 1.165) is 44.1 Å². The molecule has 0 radical (unpaired) electrons. The average Bonchev–Trinajstić information content (AvgIpc) is 3.37. The van der Waals surface area contributed by atoms with Crippen LogP contribution >= 0.6 is 0 Å². The van der Waals surface area contributed by atoms with Gasteiger partial charge in [-0.05, 0) is 30.5 Å². The summed E-state index contributed by atoms with van der Waals surface area (Å²) in [6.07, 6.45) is 6.33. The van der Waals surface area contributed by atoms with Gasteiger partial charge in [0.2, 0.25) is 5.91 Å². The van der Waals surface area contributed by atoms with Crippen LogP contribution in [0.4, 0.5) is 0 Å². The number of aromatic nitrogens is 2. The predicted molar refractivity (Wildman–Crippen MR) is 107 cm³/mol. The fourth-order valence-electron chi connectivity index (χ4n) is 3.25. The lowest BCUT2D eigenvalue weighted by Crippen LogP contribution is -2.45. The summed E-state index contributed by atoms with van der Waals surface area (Å²) in [7, 11) is 1.77. The fourth-order valence-corrected chi connectivity index (χ4v) is 3.25. The molecule has 2 N–H and O–H groups in total. The molecule has 0 spiro atoms. The van der Waals surface area contributed by atoms with Gasteiger partial charge in [-0.3, -0.25) is 9.79 Å². The van der Waals surface area contributed by atoms with E-state index in [0.29, 0.717) is 6.42 Å². The van der Waals surface area contributed by atoms with Gasteiger partial charge in [0, 0.05) is 45.3 Å². The molecule has 0 bridgehead atoms. The number of para-hydroxylation sites is 1. The number of benzene rings is 1. The quantitative estimate of drug-likeness (QED) is 0.600. The molecule has 0 aliphatic carbocycles. The van der Waals surface area contributed by atoms with Crippen LogP contribution in [0.25, 0.3) is 5.69 Å². The predicted octanol–water partition coefficient (Wildman–Crippen LogP) is 1.59. The molecule has 1 fully saturated rings. The summed E-state index contributed by atoms with van der Waals surface area (Å²) in [5.74, 6) is 0.999. The molecule has 1 amide bonds. The largest absolute Gasteiger partial charge is 0.356 e. The van der Waals surface area contributed by atoms with Gasteiger partial charge in [0.15, 0.2) is 5.96 Å². The maximum atomic E-state index is 11.8. The van der Waals surface area contributed by atoms with Gasteiger partial charge >= 0.3 is 0 Å². The van der Waals surface area contributed by atoms with E-state index < -0.39 is 0 Å². The van der Waals surface area contributed by atoms with Crippen molar-refractivity contribution in [3.05, 3.63) is 48.3 Å². The number of hydrogen-bond acceptors (Lipinski definition) is 3. The second-order valence-electron chi connectivity index (χ2n) is 6.70. The van der Waals surface area contributed by atoms with Crippen LogP contribution in [0.1, 0.15) is 25.3 Å². The molecule has 1 aliphatic heterocycles. The fraction of sp³-hybridized carbons (Fsp3) is 0.450.